The number of carbonyl (C=O) groups is 1. The lowest BCUT2D eigenvalue weighted by molar-refractivity contribution is -0.127. The van der Waals surface area contributed by atoms with Gasteiger partial charge in [0, 0.05) is 0 Å². The zero-order chi connectivity index (χ0) is 9.07. The van der Waals surface area contributed by atoms with E-state index in [-0.39, 0.29) is 0 Å². The van der Waals surface area contributed by atoms with Gasteiger partial charge in [-0.05, 0) is 19.3 Å². The first-order chi connectivity index (χ1) is 5.91. The number of unbranched alkanes of at least 4 members (excludes halogenated alkanes) is 1. The molecule has 0 unspecified atom stereocenters. The third-order valence-corrected chi connectivity index (χ3v) is 1.33. The van der Waals surface area contributed by atoms with Gasteiger partial charge in [-0.2, -0.15) is 0 Å². The third-order valence-electron chi connectivity index (χ3n) is 1.33. The predicted octanol–water partition coefficient (Wildman–Crippen LogP) is 2.46. The van der Waals surface area contributed by atoms with Crippen LogP contribution in [0, 0.1) is 0 Å². The Morgan fingerprint density at radius 2 is 1.75 bits per heavy atom. The normalized spacial score (nSPS) is 11.1. The minimum Gasteiger partial charge on any atom is -0.464 e. The Bertz CT molecular complexity index is 148. The zero-order valence-electron chi connectivity index (χ0n) is 7.53. The van der Waals surface area contributed by atoms with Gasteiger partial charge >= 0.3 is 0 Å². The van der Waals surface area contributed by atoms with Crippen molar-refractivity contribution in [1.29, 1.82) is 0 Å². The molecule has 2 heteroatoms. The van der Waals surface area contributed by atoms with Crippen LogP contribution in [-0.2, 0) is 9.53 Å². The highest BCUT2D eigenvalue weighted by molar-refractivity contribution is 5.37. The summed E-state index contributed by atoms with van der Waals surface area (Å²) >= 11 is 0. The molecule has 0 rings (SSSR count). The van der Waals surface area contributed by atoms with Gasteiger partial charge in [0.25, 0.3) is 6.47 Å². The first kappa shape index (κ1) is 11.0. The van der Waals surface area contributed by atoms with Gasteiger partial charge in [-0.15, -0.1) is 0 Å². The van der Waals surface area contributed by atoms with E-state index < -0.39 is 0 Å². The Labute approximate surface area is 73.9 Å². The lowest BCUT2D eigenvalue weighted by atomic mass is 10.2. The number of allylic oxidation sites excluding steroid dienone is 3. The van der Waals surface area contributed by atoms with E-state index in [0.717, 1.165) is 19.3 Å². The van der Waals surface area contributed by atoms with Crippen LogP contribution < -0.4 is 0 Å². The highest BCUT2D eigenvalue weighted by Crippen LogP contribution is 1.93. The van der Waals surface area contributed by atoms with E-state index in [1.165, 1.54) is 0 Å². The van der Waals surface area contributed by atoms with Crippen LogP contribution in [-0.4, -0.2) is 13.1 Å². The maximum absolute atomic E-state index is 9.71. The number of hydrogen-bond acceptors (Lipinski definition) is 2. The summed E-state index contributed by atoms with van der Waals surface area (Å²) < 4.78 is 4.48. The van der Waals surface area contributed by atoms with E-state index in [1.807, 2.05) is 12.2 Å². The van der Waals surface area contributed by atoms with E-state index in [0.29, 0.717) is 13.1 Å². The fourth-order valence-electron chi connectivity index (χ4n) is 0.758. The molecule has 0 bridgehead atoms. The Kier molecular flexibility index (Phi) is 9.08. The third kappa shape index (κ3) is 8.95. The summed E-state index contributed by atoms with van der Waals surface area (Å²) in [5.74, 6) is 0. The van der Waals surface area contributed by atoms with Crippen molar-refractivity contribution in [3.05, 3.63) is 24.3 Å². The van der Waals surface area contributed by atoms with Crippen LogP contribution in [0.2, 0.25) is 0 Å². The number of hydrogen-bond donors (Lipinski definition) is 0. The van der Waals surface area contributed by atoms with Gasteiger partial charge in [0.1, 0.15) is 6.61 Å². The van der Waals surface area contributed by atoms with Gasteiger partial charge in [-0.25, -0.2) is 0 Å². The second kappa shape index (κ2) is 9.95. The molecule has 0 aliphatic heterocycles. The van der Waals surface area contributed by atoms with Gasteiger partial charge in [0.2, 0.25) is 0 Å². The van der Waals surface area contributed by atoms with E-state index in [4.69, 9.17) is 0 Å². The molecule has 0 saturated heterocycles. The fraction of sp³-hybridized carbons (Fsp3) is 0.500. The molecule has 0 N–H and O–H groups in total. The van der Waals surface area contributed by atoms with Crippen LogP contribution in [0.1, 0.15) is 26.2 Å². The lowest BCUT2D eigenvalue weighted by Gasteiger charge is -1.88. The maximum Gasteiger partial charge on any atom is 0.293 e. The first-order valence-corrected chi connectivity index (χ1v) is 4.27. The quantitative estimate of drug-likeness (QED) is 0.331. The van der Waals surface area contributed by atoms with Crippen LogP contribution in [0.3, 0.4) is 0 Å². The maximum atomic E-state index is 9.71. The van der Waals surface area contributed by atoms with Gasteiger partial charge in [-0.1, -0.05) is 31.2 Å². The molecule has 0 saturated carbocycles. The van der Waals surface area contributed by atoms with Crippen molar-refractivity contribution in [3.63, 3.8) is 0 Å². The summed E-state index contributed by atoms with van der Waals surface area (Å²) in [6.07, 6.45) is 11.3. The number of carbonyl (C=O) groups excluding carboxylic acids is 1. The summed E-state index contributed by atoms with van der Waals surface area (Å²) in [4.78, 5) is 9.71. The number of rotatable bonds is 7. The van der Waals surface area contributed by atoms with Crippen molar-refractivity contribution >= 4 is 6.47 Å². The van der Waals surface area contributed by atoms with Crippen molar-refractivity contribution in [2.75, 3.05) is 6.61 Å². The number of ether oxygens (including phenoxy) is 1. The minimum absolute atomic E-state index is 0.390. The van der Waals surface area contributed by atoms with Crippen LogP contribution in [0.25, 0.3) is 0 Å². The largest absolute Gasteiger partial charge is 0.464 e. The van der Waals surface area contributed by atoms with Gasteiger partial charge in [0.15, 0.2) is 0 Å². The molecule has 2 nitrogen and oxygen atoms in total. The molecule has 0 aliphatic carbocycles. The van der Waals surface area contributed by atoms with E-state index >= 15 is 0 Å². The van der Waals surface area contributed by atoms with Crippen LogP contribution in [0.5, 0.6) is 0 Å². The van der Waals surface area contributed by atoms with Crippen molar-refractivity contribution < 1.29 is 9.53 Å². The molecule has 12 heavy (non-hydrogen) atoms. The van der Waals surface area contributed by atoms with Crippen molar-refractivity contribution in [3.8, 4) is 0 Å². The Balaban J connectivity index is 3.12. The topological polar surface area (TPSA) is 26.3 Å². The molecule has 0 aromatic heterocycles. The van der Waals surface area contributed by atoms with Gasteiger partial charge in [-0.3, -0.25) is 4.79 Å². The van der Waals surface area contributed by atoms with Crippen molar-refractivity contribution in [2.24, 2.45) is 0 Å². The molecule has 0 aliphatic rings. The van der Waals surface area contributed by atoms with Crippen molar-refractivity contribution in [1.82, 2.24) is 0 Å². The fourth-order valence-corrected chi connectivity index (χ4v) is 0.758. The van der Waals surface area contributed by atoms with E-state index in [9.17, 15) is 4.79 Å². The molecule has 0 spiro atoms. The standard InChI is InChI=1S/C10H16O2/c1-2-3-4-5-6-7-8-9-12-10-11/h3-4,7-8,10H,2,5-6,9H2,1H3/b4-3-,8-7+. The molecule has 0 aromatic rings. The summed E-state index contributed by atoms with van der Waals surface area (Å²) in [6.45, 7) is 2.96. The molecule has 0 aromatic carbocycles. The summed E-state index contributed by atoms with van der Waals surface area (Å²) in [6, 6.07) is 0. The molecular weight excluding hydrogens is 152 g/mol. The second-order valence-electron chi connectivity index (χ2n) is 2.36. The Hall–Kier alpha value is -1.05. The zero-order valence-corrected chi connectivity index (χ0v) is 7.53. The monoisotopic (exact) mass is 168 g/mol. The Morgan fingerprint density at radius 1 is 1.08 bits per heavy atom. The first-order valence-electron chi connectivity index (χ1n) is 4.27. The predicted molar refractivity (Wildman–Crippen MR) is 49.8 cm³/mol. The molecule has 0 radical (unpaired) electrons. The van der Waals surface area contributed by atoms with E-state index in [2.05, 4.69) is 23.8 Å². The minimum atomic E-state index is 0.390. The Morgan fingerprint density at radius 3 is 2.33 bits per heavy atom. The SMILES string of the molecule is CC/C=C\CC/C=C/COC=O. The second-order valence-corrected chi connectivity index (χ2v) is 2.36. The molecule has 0 fully saturated rings. The molecule has 0 amide bonds. The van der Waals surface area contributed by atoms with Crippen LogP contribution in [0.4, 0.5) is 0 Å². The molecular formula is C10H16O2. The average Bonchev–Trinajstić information content (AvgIpc) is 2.10. The van der Waals surface area contributed by atoms with E-state index in [1.54, 1.807) is 0 Å². The highest BCUT2D eigenvalue weighted by atomic mass is 16.5. The summed E-state index contributed by atoms with van der Waals surface area (Å²) in [5.41, 5.74) is 0. The molecule has 0 atom stereocenters. The van der Waals surface area contributed by atoms with Crippen LogP contribution >= 0.6 is 0 Å². The smallest absolute Gasteiger partial charge is 0.293 e. The van der Waals surface area contributed by atoms with Crippen molar-refractivity contribution in [2.45, 2.75) is 26.2 Å². The van der Waals surface area contributed by atoms with Gasteiger partial charge < -0.3 is 4.74 Å². The average molecular weight is 168 g/mol. The summed E-state index contributed by atoms with van der Waals surface area (Å²) in [5, 5.41) is 0. The highest BCUT2D eigenvalue weighted by Gasteiger charge is 1.77. The van der Waals surface area contributed by atoms with Gasteiger partial charge in [0.05, 0.1) is 0 Å². The van der Waals surface area contributed by atoms with Crippen LogP contribution in [0.15, 0.2) is 24.3 Å². The summed E-state index contributed by atoms with van der Waals surface area (Å²) in [7, 11) is 0. The molecule has 68 valence electrons. The molecule has 0 heterocycles. The lowest BCUT2D eigenvalue weighted by Crippen LogP contribution is -1.84.